The number of likely N-dealkylation sites (tertiary alicyclic amines) is 1. The van der Waals surface area contributed by atoms with E-state index < -0.39 is 0 Å². The Labute approximate surface area is 124 Å². The van der Waals surface area contributed by atoms with Crippen LogP contribution in [0.3, 0.4) is 0 Å². The number of nitrogens with zero attached hydrogens (tertiary/aromatic N) is 1. The smallest absolute Gasteiger partial charge is 0.280 e. The maximum absolute atomic E-state index is 12.6. The van der Waals surface area contributed by atoms with Gasteiger partial charge in [-0.2, -0.15) is 0 Å². The van der Waals surface area contributed by atoms with Crippen LogP contribution in [0, 0.1) is 0 Å². The van der Waals surface area contributed by atoms with Gasteiger partial charge in [-0.05, 0) is 53.9 Å². The molecule has 0 bridgehead atoms. The molecule has 0 spiro atoms. The Morgan fingerprint density at radius 1 is 1.25 bits per heavy atom. The molecule has 1 fully saturated rings. The van der Waals surface area contributed by atoms with E-state index >= 15 is 0 Å². The number of carbonyl (C=O) groups is 1. The van der Waals surface area contributed by atoms with Crippen LogP contribution in [-0.4, -0.2) is 55.1 Å². The lowest BCUT2D eigenvalue weighted by atomic mass is 9.96. The molecule has 0 aromatic rings. The van der Waals surface area contributed by atoms with Gasteiger partial charge in [-0.25, -0.2) is 0 Å². The van der Waals surface area contributed by atoms with E-state index in [2.05, 4.69) is 44.8 Å². The second-order valence-electron chi connectivity index (χ2n) is 6.39. The lowest BCUT2D eigenvalue weighted by Gasteiger charge is -2.39. The number of quaternary nitrogens is 2. The van der Waals surface area contributed by atoms with Gasteiger partial charge < -0.3 is 15.1 Å². The van der Waals surface area contributed by atoms with Crippen molar-refractivity contribution in [1.29, 1.82) is 0 Å². The molecule has 3 atom stereocenters. The van der Waals surface area contributed by atoms with Crippen molar-refractivity contribution in [1.82, 2.24) is 4.90 Å². The van der Waals surface area contributed by atoms with Crippen LogP contribution < -0.4 is 10.2 Å². The summed E-state index contributed by atoms with van der Waals surface area (Å²) in [4.78, 5) is 16.4. The van der Waals surface area contributed by atoms with E-state index in [4.69, 9.17) is 0 Å². The summed E-state index contributed by atoms with van der Waals surface area (Å²) in [5, 5.41) is 2.22. The summed E-state index contributed by atoms with van der Waals surface area (Å²) in [6.45, 7) is 15.4. The first-order valence-electron chi connectivity index (χ1n) is 8.50. The predicted molar refractivity (Wildman–Crippen MR) is 82.8 cm³/mol. The Morgan fingerprint density at radius 3 is 2.30 bits per heavy atom. The van der Waals surface area contributed by atoms with Crippen LogP contribution in [0.4, 0.5) is 0 Å². The summed E-state index contributed by atoms with van der Waals surface area (Å²) in [5.41, 5.74) is 0. The highest BCUT2D eigenvalue weighted by Gasteiger charge is 2.33. The second-order valence-corrected chi connectivity index (χ2v) is 6.39. The number of amides is 1. The molecular weight excluding hydrogens is 250 g/mol. The number of nitrogens with two attached hydrogens (primary N) is 1. The van der Waals surface area contributed by atoms with Gasteiger partial charge in [0.05, 0.1) is 13.1 Å². The van der Waals surface area contributed by atoms with Gasteiger partial charge in [-0.15, -0.1) is 0 Å². The maximum Gasteiger partial charge on any atom is 0.280 e. The lowest BCUT2D eigenvalue weighted by molar-refractivity contribution is -0.910. The van der Waals surface area contributed by atoms with Crippen molar-refractivity contribution < 1.29 is 15.0 Å². The number of hydrogen-bond donors (Lipinski definition) is 2. The summed E-state index contributed by atoms with van der Waals surface area (Å²) in [6, 6.07) is 0.888. The van der Waals surface area contributed by atoms with Gasteiger partial charge in [-0.1, -0.05) is 0 Å². The SMILES string of the molecule is CC[NH+](CC)CC[NH2+][C@@H](C)C(=O)N1[C@@H](C)CCC[C@@H]1C. The number of hydrogen-bond acceptors (Lipinski definition) is 1. The lowest BCUT2D eigenvalue weighted by Crippen LogP contribution is -3.14. The molecule has 0 unspecified atom stereocenters. The molecule has 0 aromatic carbocycles. The Balaban J connectivity index is 2.41. The van der Waals surface area contributed by atoms with Crippen LogP contribution >= 0.6 is 0 Å². The molecule has 0 aromatic heterocycles. The molecule has 1 saturated heterocycles. The van der Waals surface area contributed by atoms with Crippen LogP contribution in [0.25, 0.3) is 0 Å². The Hall–Kier alpha value is -0.610. The Bertz CT molecular complexity index is 281. The van der Waals surface area contributed by atoms with Crippen molar-refractivity contribution in [2.24, 2.45) is 0 Å². The van der Waals surface area contributed by atoms with Gasteiger partial charge in [0, 0.05) is 12.1 Å². The van der Waals surface area contributed by atoms with Crippen molar-refractivity contribution in [3.8, 4) is 0 Å². The van der Waals surface area contributed by atoms with Crippen LogP contribution in [0.15, 0.2) is 0 Å². The van der Waals surface area contributed by atoms with Crippen LogP contribution in [0.1, 0.15) is 53.9 Å². The molecule has 0 saturated carbocycles. The third kappa shape index (κ3) is 4.74. The molecule has 0 radical (unpaired) electrons. The standard InChI is InChI=1S/C16H33N3O/c1-6-18(7-2)12-11-17-15(5)16(20)19-13(3)9-8-10-14(19)4/h13-15,17H,6-12H2,1-5H3/p+2/t13-,14-,15-/m0/s1. The summed E-state index contributed by atoms with van der Waals surface area (Å²) >= 11 is 0. The first-order chi connectivity index (χ1) is 9.51. The maximum atomic E-state index is 12.6. The predicted octanol–water partition coefficient (Wildman–Crippen LogP) is -0.347. The third-order valence-electron chi connectivity index (χ3n) is 4.86. The Morgan fingerprint density at radius 2 is 1.80 bits per heavy atom. The van der Waals surface area contributed by atoms with Gasteiger partial charge in [0.2, 0.25) is 0 Å². The van der Waals surface area contributed by atoms with Crippen molar-refractivity contribution in [2.45, 2.75) is 72.0 Å². The fourth-order valence-electron chi connectivity index (χ4n) is 3.33. The molecule has 1 rings (SSSR count). The van der Waals surface area contributed by atoms with E-state index in [9.17, 15) is 4.79 Å². The van der Waals surface area contributed by atoms with Gasteiger partial charge in [0.1, 0.15) is 13.1 Å². The quantitative estimate of drug-likeness (QED) is 0.660. The molecule has 3 N–H and O–H groups in total. The average Bonchev–Trinajstić information content (AvgIpc) is 2.43. The minimum Gasteiger partial charge on any atom is -0.332 e. The highest BCUT2D eigenvalue weighted by atomic mass is 16.2. The van der Waals surface area contributed by atoms with Gasteiger partial charge in [-0.3, -0.25) is 4.79 Å². The van der Waals surface area contributed by atoms with E-state index in [0.29, 0.717) is 18.0 Å². The highest BCUT2D eigenvalue weighted by Crippen LogP contribution is 2.22. The van der Waals surface area contributed by atoms with Crippen molar-refractivity contribution in [3.63, 3.8) is 0 Å². The van der Waals surface area contributed by atoms with Crippen LogP contribution in [-0.2, 0) is 4.79 Å². The summed E-state index contributed by atoms with van der Waals surface area (Å²) in [6.07, 6.45) is 3.58. The van der Waals surface area contributed by atoms with E-state index in [1.807, 2.05) is 0 Å². The topological polar surface area (TPSA) is 41.4 Å². The molecule has 20 heavy (non-hydrogen) atoms. The molecule has 4 nitrogen and oxygen atoms in total. The molecule has 1 aliphatic rings. The fourth-order valence-corrected chi connectivity index (χ4v) is 3.33. The van der Waals surface area contributed by atoms with Gasteiger partial charge in [0.25, 0.3) is 5.91 Å². The number of piperidine rings is 1. The van der Waals surface area contributed by atoms with Gasteiger partial charge >= 0.3 is 0 Å². The largest absolute Gasteiger partial charge is 0.332 e. The van der Waals surface area contributed by atoms with E-state index in [1.54, 1.807) is 4.90 Å². The minimum absolute atomic E-state index is 0.0629. The molecule has 118 valence electrons. The first-order valence-corrected chi connectivity index (χ1v) is 8.50. The summed E-state index contributed by atoms with van der Waals surface area (Å²) in [5.74, 6) is 0.333. The van der Waals surface area contributed by atoms with Crippen molar-refractivity contribution in [2.75, 3.05) is 26.2 Å². The van der Waals surface area contributed by atoms with E-state index in [1.165, 1.54) is 19.5 Å². The number of rotatable bonds is 7. The molecule has 1 amide bonds. The van der Waals surface area contributed by atoms with E-state index in [-0.39, 0.29) is 6.04 Å². The third-order valence-corrected chi connectivity index (χ3v) is 4.86. The van der Waals surface area contributed by atoms with E-state index in [0.717, 1.165) is 25.9 Å². The van der Waals surface area contributed by atoms with Gasteiger partial charge in [0.15, 0.2) is 6.04 Å². The number of nitrogens with one attached hydrogen (secondary N) is 1. The molecular formula is C16H35N3O+2. The summed E-state index contributed by atoms with van der Waals surface area (Å²) < 4.78 is 0. The monoisotopic (exact) mass is 285 g/mol. The molecule has 1 aliphatic heterocycles. The minimum atomic E-state index is 0.0629. The molecule has 0 aliphatic carbocycles. The van der Waals surface area contributed by atoms with Crippen molar-refractivity contribution in [3.05, 3.63) is 0 Å². The number of likely N-dealkylation sites (N-methyl/N-ethyl adjacent to an activating group) is 1. The zero-order valence-electron chi connectivity index (χ0n) is 14.1. The number of carbonyl (C=O) groups excluding carboxylic acids is 1. The summed E-state index contributed by atoms with van der Waals surface area (Å²) in [7, 11) is 0. The fraction of sp³-hybridized carbons (Fsp3) is 0.938. The van der Waals surface area contributed by atoms with Crippen molar-refractivity contribution >= 4 is 5.91 Å². The zero-order chi connectivity index (χ0) is 15.1. The molecule has 4 heteroatoms. The zero-order valence-corrected chi connectivity index (χ0v) is 14.1. The molecule has 1 heterocycles. The highest BCUT2D eigenvalue weighted by molar-refractivity contribution is 5.80. The first kappa shape index (κ1) is 17.4. The van der Waals surface area contributed by atoms with Crippen LogP contribution in [0.5, 0.6) is 0 Å². The second kappa shape index (κ2) is 8.63. The normalized spacial score (nSPS) is 25.0. The average molecular weight is 285 g/mol. The Kier molecular flexibility index (Phi) is 7.52. The van der Waals surface area contributed by atoms with Crippen LogP contribution in [0.2, 0.25) is 0 Å².